The van der Waals surface area contributed by atoms with Crippen molar-refractivity contribution in [2.45, 2.75) is 19.0 Å². The highest BCUT2D eigenvalue weighted by molar-refractivity contribution is 7.21. The Morgan fingerprint density at radius 3 is 2.03 bits per heavy atom. The maximum atomic E-state index is 5.40. The van der Waals surface area contributed by atoms with E-state index < -0.39 is 0 Å². The first-order valence-corrected chi connectivity index (χ1v) is 22.9. The van der Waals surface area contributed by atoms with Gasteiger partial charge in [0.05, 0.1) is 16.7 Å². The number of para-hydroxylation sites is 1. The maximum Gasteiger partial charge on any atom is 0.159 e. The first kappa shape index (κ1) is 36.8. The topological polar surface area (TPSA) is 41.7 Å². The third kappa shape index (κ3) is 6.04. The normalized spacial score (nSPS) is 14.8. The van der Waals surface area contributed by atoms with Crippen LogP contribution >= 0.6 is 11.3 Å². The summed E-state index contributed by atoms with van der Waals surface area (Å²) >= 11 is 1.93. The van der Waals surface area contributed by atoms with Crippen molar-refractivity contribution in [3.8, 4) is 27.9 Å². The Balaban J connectivity index is 1.08. The van der Waals surface area contributed by atoms with Crippen LogP contribution < -0.4 is 5.32 Å². The smallest absolute Gasteiger partial charge is 0.159 e. The van der Waals surface area contributed by atoms with Gasteiger partial charge in [0, 0.05) is 42.4 Å². The molecule has 302 valence electrons. The monoisotopic (exact) mass is 836 g/mol. The summed E-state index contributed by atoms with van der Waals surface area (Å²) in [7, 11) is 0. The van der Waals surface area contributed by atoms with E-state index in [0.29, 0.717) is 5.84 Å². The van der Waals surface area contributed by atoms with Crippen LogP contribution in [0.15, 0.2) is 210 Å². The molecule has 0 bridgehead atoms. The van der Waals surface area contributed by atoms with Crippen molar-refractivity contribution in [1.82, 2.24) is 9.88 Å². The molecule has 64 heavy (non-hydrogen) atoms. The van der Waals surface area contributed by atoms with Crippen LogP contribution in [-0.2, 0) is 6.42 Å². The fourth-order valence-electron chi connectivity index (χ4n) is 10.0. The van der Waals surface area contributed by atoms with Crippen LogP contribution in [0.1, 0.15) is 39.7 Å². The van der Waals surface area contributed by atoms with Crippen LogP contribution in [-0.4, -0.2) is 16.2 Å². The quantitative estimate of drug-likeness (QED) is 0.178. The van der Waals surface area contributed by atoms with Gasteiger partial charge in [0.15, 0.2) is 5.84 Å². The molecule has 9 aromatic carbocycles. The predicted molar refractivity (Wildman–Crippen MR) is 271 cm³/mol. The molecule has 1 aliphatic heterocycles. The summed E-state index contributed by atoms with van der Waals surface area (Å²) in [6.45, 7) is 0. The number of benzene rings is 9. The number of aromatic nitrogens is 1. The number of aryl methyl sites for hydroxylation is 1. The lowest BCUT2D eigenvalue weighted by Gasteiger charge is -2.24. The number of rotatable bonds is 6. The number of nitrogens with one attached hydrogen (secondary N) is 1. The van der Waals surface area contributed by atoms with Crippen molar-refractivity contribution < 1.29 is 0 Å². The van der Waals surface area contributed by atoms with Crippen molar-refractivity contribution in [3.05, 3.63) is 227 Å². The third-order valence-corrected chi connectivity index (χ3v) is 14.3. The Labute approximate surface area is 374 Å². The van der Waals surface area contributed by atoms with Gasteiger partial charge in [-0.2, -0.15) is 0 Å². The fraction of sp³-hybridized carbons (Fsp3) is 0.0508. The van der Waals surface area contributed by atoms with E-state index in [1.807, 2.05) is 11.3 Å². The average Bonchev–Trinajstić information content (AvgIpc) is 3.92. The zero-order valence-electron chi connectivity index (χ0n) is 34.9. The van der Waals surface area contributed by atoms with Crippen LogP contribution in [0.2, 0.25) is 0 Å². The zero-order chi connectivity index (χ0) is 42.1. The minimum atomic E-state index is -0.325. The molecule has 0 amide bonds. The molecule has 11 aromatic rings. The van der Waals surface area contributed by atoms with E-state index in [9.17, 15) is 0 Å². The van der Waals surface area contributed by atoms with Crippen LogP contribution in [0, 0.1) is 0 Å². The summed E-state index contributed by atoms with van der Waals surface area (Å²) in [6, 6.07) is 70.3. The van der Waals surface area contributed by atoms with Gasteiger partial charge in [-0.25, -0.2) is 9.98 Å². The number of amidine groups is 2. The van der Waals surface area contributed by atoms with E-state index in [1.165, 1.54) is 80.6 Å². The lowest BCUT2D eigenvalue weighted by atomic mass is 9.90. The van der Waals surface area contributed by atoms with Gasteiger partial charge in [0.25, 0.3) is 0 Å². The lowest BCUT2D eigenvalue weighted by Crippen LogP contribution is -2.33. The van der Waals surface area contributed by atoms with E-state index in [4.69, 9.17) is 9.98 Å². The maximum absolute atomic E-state index is 5.40. The molecule has 1 aliphatic carbocycles. The first-order valence-electron chi connectivity index (χ1n) is 22.1. The van der Waals surface area contributed by atoms with Crippen LogP contribution in [0.25, 0.3) is 87.5 Å². The number of hydrogen-bond acceptors (Lipinski definition) is 4. The molecule has 0 saturated heterocycles. The molecule has 13 rings (SSSR count). The lowest BCUT2D eigenvalue weighted by molar-refractivity contribution is 0.674. The van der Waals surface area contributed by atoms with Gasteiger partial charge in [-0.15, -0.1) is 11.3 Å². The molecule has 2 aliphatic rings. The summed E-state index contributed by atoms with van der Waals surface area (Å²) < 4.78 is 3.84. The number of fused-ring (bicyclic) bond motifs is 9. The molecule has 0 radical (unpaired) electrons. The van der Waals surface area contributed by atoms with Gasteiger partial charge in [0.1, 0.15) is 12.0 Å². The molecule has 1 unspecified atom stereocenters. The largest absolute Gasteiger partial charge is 0.344 e. The number of thiophene rings is 1. The zero-order valence-corrected chi connectivity index (χ0v) is 35.7. The Kier molecular flexibility index (Phi) is 8.56. The van der Waals surface area contributed by atoms with Gasteiger partial charge in [-0.3, -0.25) is 0 Å². The molecule has 4 nitrogen and oxygen atoms in total. The molecule has 0 saturated carbocycles. The van der Waals surface area contributed by atoms with E-state index >= 15 is 0 Å². The molecule has 2 aromatic heterocycles. The third-order valence-electron chi connectivity index (χ3n) is 13.1. The van der Waals surface area contributed by atoms with Crippen LogP contribution in [0.4, 0.5) is 0 Å². The molecule has 3 heterocycles. The van der Waals surface area contributed by atoms with Gasteiger partial charge >= 0.3 is 0 Å². The molecular formula is C59H40N4S. The molecular weight excluding hydrogens is 797 g/mol. The molecule has 0 spiro atoms. The second kappa shape index (κ2) is 14.9. The first-order chi connectivity index (χ1) is 31.7. The second-order valence-electron chi connectivity index (χ2n) is 16.9. The predicted octanol–water partition coefficient (Wildman–Crippen LogP) is 15.1. The summed E-state index contributed by atoms with van der Waals surface area (Å²) in [6.07, 6.45) is 6.40. The fourth-order valence-corrected chi connectivity index (χ4v) is 11.4. The summed E-state index contributed by atoms with van der Waals surface area (Å²) in [5, 5.41) is 12.5. The molecule has 1 atom stereocenters. The standard InChI is InChI=1S/C59H40N4S/c1-3-15-37(16-4-1)38-27-29-40(30-28-38)58-60-57(39-17-5-2-6-18-39)61-59(62-58)44-31-32-52(63-51-25-13-11-23-46(51)48-33-41-19-7-8-20-42(41)36-53(48)63)49(35-44)50-34-43-21-9-10-22-45(43)56-55(50)47-24-12-14-26-54(47)64-56/h1-11,13-23,25-36,57H,12,24H2,(H,60,61,62). The van der Waals surface area contributed by atoms with Crippen molar-refractivity contribution in [2.75, 3.05) is 0 Å². The van der Waals surface area contributed by atoms with E-state index in [1.54, 1.807) is 0 Å². The van der Waals surface area contributed by atoms with Crippen molar-refractivity contribution in [2.24, 2.45) is 9.98 Å². The number of hydrogen-bond donors (Lipinski definition) is 1. The van der Waals surface area contributed by atoms with E-state index in [-0.39, 0.29) is 6.17 Å². The van der Waals surface area contributed by atoms with Crippen LogP contribution in [0.3, 0.4) is 0 Å². The van der Waals surface area contributed by atoms with Gasteiger partial charge in [0.2, 0.25) is 0 Å². The minimum Gasteiger partial charge on any atom is -0.344 e. The molecule has 0 fully saturated rings. The van der Waals surface area contributed by atoms with E-state index in [2.05, 4.69) is 216 Å². The number of aliphatic imine (C=N–C) groups is 2. The highest BCUT2D eigenvalue weighted by Crippen LogP contribution is 2.47. The Hall–Kier alpha value is -7.86. The van der Waals surface area contributed by atoms with Crippen LogP contribution in [0.5, 0.6) is 0 Å². The highest BCUT2D eigenvalue weighted by Gasteiger charge is 2.26. The van der Waals surface area contributed by atoms with Crippen molar-refractivity contribution >= 4 is 82.5 Å². The minimum absolute atomic E-state index is 0.325. The molecule has 1 N–H and O–H groups in total. The summed E-state index contributed by atoms with van der Waals surface area (Å²) in [4.78, 5) is 12.1. The van der Waals surface area contributed by atoms with Gasteiger partial charge in [-0.1, -0.05) is 158 Å². The van der Waals surface area contributed by atoms with Crippen molar-refractivity contribution in [1.29, 1.82) is 0 Å². The Morgan fingerprint density at radius 1 is 0.531 bits per heavy atom. The van der Waals surface area contributed by atoms with E-state index in [0.717, 1.165) is 46.6 Å². The summed E-state index contributed by atoms with van der Waals surface area (Å²) in [5.41, 5.74) is 12.7. The SMILES string of the molecule is C1=Cc2sc3c(c(-c4cc(C5=NC(c6ccccc6)NC(c6ccc(-c7ccccc7)cc6)=N5)ccc4-n4c5ccccc5c5cc6ccccc6cc54)cc4ccccc43)c2CC1. The Morgan fingerprint density at radius 2 is 1.20 bits per heavy atom. The number of nitrogens with zero attached hydrogens (tertiary/aromatic N) is 3. The summed E-state index contributed by atoms with van der Waals surface area (Å²) in [5.74, 6) is 1.49. The van der Waals surface area contributed by atoms with Gasteiger partial charge in [-0.05, 0) is 111 Å². The molecule has 5 heteroatoms. The second-order valence-corrected chi connectivity index (χ2v) is 17.9. The number of allylic oxidation sites excluding steroid dienone is 1. The van der Waals surface area contributed by atoms with Gasteiger partial charge < -0.3 is 9.88 Å². The Bertz CT molecular complexity index is 3740. The average molecular weight is 837 g/mol. The highest BCUT2D eigenvalue weighted by atomic mass is 32.1. The van der Waals surface area contributed by atoms with Crippen molar-refractivity contribution in [3.63, 3.8) is 0 Å².